The van der Waals surface area contributed by atoms with Gasteiger partial charge in [0, 0.05) is 30.8 Å². The average molecular weight is 430 g/mol. The number of benzene rings is 1. The van der Waals surface area contributed by atoms with E-state index in [0.29, 0.717) is 28.1 Å². The highest BCUT2D eigenvalue weighted by molar-refractivity contribution is 6.35. The summed E-state index contributed by atoms with van der Waals surface area (Å²) in [6.07, 6.45) is 3.70. The van der Waals surface area contributed by atoms with Crippen molar-refractivity contribution in [3.63, 3.8) is 0 Å². The number of hydrogen-bond acceptors (Lipinski definition) is 5. The van der Waals surface area contributed by atoms with Crippen molar-refractivity contribution in [2.24, 2.45) is 0 Å². The maximum absolute atomic E-state index is 15.0. The summed E-state index contributed by atoms with van der Waals surface area (Å²) in [5.74, 6) is -2.59. The Bertz CT molecular complexity index is 1240. The maximum atomic E-state index is 15.0. The van der Waals surface area contributed by atoms with E-state index < -0.39 is 18.6 Å². The van der Waals surface area contributed by atoms with Crippen LogP contribution in [0.15, 0.2) is 36.7 Å². The fraction of sp³-hybridized carbons (Fsp3) is 0.333. The van der Waals surface area contributed by atoms with Crippen LogP contribution in [0.4, 0.5) is 8.78 Å². The zero-order valence-electron chi connectivity index (χ0n) is 16.1. The molecule has 0 N–H and O–H groups in total. The molecule has 1 saturated heterocycles. The van der Waals surface area contributed by atoms with Crippen molar-refractivity contribution in [2.75, 3.05) is 13.2 Å². The van der Waals surface area contributed by atoms with Crippen LogP contribution in [0.3, 0.4) is 0 Å². The third-order valence-corrected chi connectivity index (χ3v) is 5.62. The molecule has 0 spiro atoms. The summed E-state index contributed by atoms with van der Waals surface area (Å²) in [4.78, 5) is 17.7. The van der Waals surface area contributed by atoms with Crippen LogP contribution in [-0.2, 0) is 11.2 Å². The molecule has 1 aliphatic heterocycles. The molecule has 0 radical (unpaired) electrons. The fourth-order valence-electron chi connectivity index (χ4n) is 3.97. The second-order valence-corrected chi connectivity index (χ2v) is 7.82. The number of aryl methyl sites for hydroxylation is 1. The number of nitrogens with zero attached hydrogens (tertiary/aromatic N) is 5. The number of ether oxygens (including phenoxy) is 1. The van der Waals surface area contributed by atoms with Gasteiger partial charge in [0.05, 0.1) is 22.4 Å². The maximum Gasteiger partial charge on any atom is 0.291 e. The van der Waals surface area contributed by atoms with Gasteiger partial charge in [-0.2, -0.15) is 0 Å². The van der Waals surface area contributed by atoms with Crippen LogP contribution in [-0.4, -0.2) is 43.6 Å². The normalized spacial score (nSPS) is 18.9. The van der Waals surface area contributed by atoms with E-state index in [-0.39, 0.29) is 24.6 Å². The number of halogens is 3. The molecule has 1 fully saturated rings. The minimum Gasteiger partial charge on any atom is -0.375 e. The molecule has 1 unspecified atom stereocenters. The second-order valence-electron chi connectivity index (χ2n) is 7.46. The van der Waals surface area contributed by atoms with Gasteiger partial charge >= 0.3 is 0 Å². The Labute approximate surface area is 175 Å². The average Bonchev–Trinajstić information content (AvgIpc) is 3.09. The van der Waals surface area contributed by atoms with Crippen molar-refractivity contribution in [1.29, 1.82) is 0 Å². The number of para-hydroxylation sites is 1. The van der Waals surface area contributed by atoms with Gasteiger partial charge in [0.2, 0.25) is 0 Å². The van der Waals surface area contributed by atoms with Gasteiger partial charge in [0.25, 0.3) is 5.92 Å². The molecule has 1 aliphatic rings. The van der Waals surface area contributed by atoms with Gasteiger partial charge in [-0.15, -0.1) is 0 Å². The third kappa shape index (κ3) is 3.20. The van der Waals surface area contributed by atoms with Crippen molar-refractivity contribution >= 4 is 33.5 Å². The van der Waals surface area contributed by atoms with E-state index in [1.807, 2.05) is 31.2 Å². The Balaban J connectivity index is 1.79. The SMILES string of the molecule is Cc1cnc(Cc2nc3c(Cl)nc4ccccc4c3n2C2CCOCC2(F)F)cn1. The first-order chi connectivity index (χ1) is 14.4. The number of aromatic nitrogens is 5. The van der Waals surface area contributed by atoms with Crippen LogP contribution in [0, 0.1) is 6.92 Å². The highest BCUT2D eigenvalue weighted by Crippen LogP contribution is 2.41. The first-order valence-corrected chi connectivity index (χ1v) is 10.00. The number of rotatable bonds is 3. The summed E-state index contributed by atoms with van der Waals surface area (Å²) >= 11 is 6.43. The smallest absolute Gasteiger partial charge is 0.291 e. The lowest BCUT2D eigenvalue weighted by Crippen LogP contribution is -2.41. The van der Waals surface area contributed by atoms with Crippen molar-refractivity contribution in [3.05, 3.63) is 59.0 Å². The Morgan fingerprint density at radius 3 is 2.80 bits per heavy atom. The molecule has 154 valence electrons. The largest absolute Gasteiger partial charge is 0.375 e. The van der Waals surface area contributed by atoms with Crippen molar-refractivity contribution in [2.45, 2.75) is 31.7 Å². The molecule has 0 bridgehead atoms. The molecule has 5 rings (SSSR count). The van der Waals surface area contributed by atoms with Gasteiger partial charge in [-0.1, -0.05) is 29.8 Å². The van der Waals surface area contributed by atoms with Gasteiger partial charge in [0.15, 0.2) is 5.15 Å². The van der Waals surface area contributed by atoms with Gasteiger partial charge in [-0.05, 0) is 19.4 Å². The Morgan fingerprint density at radius 1 is 1.20 bits per heavy atom. The van der Waals surface area contributed by atoms with E-state index in [2.05, 4.69) is 19.9 Å². The van der Waals surface area contributed by atoms with E-state index in [4.69, 9.17) is 16.3 Å². The summed E-state index contributed by atoms with van der Waals surface area (Å²) in [7, 11) is 0. The monoisotopic (exact) mass is 429 g/mol. The van der Waals surface area contributed by atoms with E-state index in [1.165, 1.54) is 0 Å². The predicted octanol–water partition coefficient (Wildman–Crippen LogP) is 4.52. The Kier molecular flexibility index (Phi) is 4.63. The van der Waals surface area contributed by atoms with Crippen LogP contribution in [0.1, 0.15) is 29.7 Å². The summed E-state index contributed by atoms with van der Waals surface area (Å²) in [5.41, 5.74) is 3.02. The summed E-state index contributed by atoms with van der Waals surface area (Å²) in [5, 5.41) is 0.919. The first kappa shape index (κ1) is 19.3. The minimum atomic E-state index is -3.05. The summed E-state index contributed by atoms with van der Waals surface area (Å²) in [6.45, 7) is 1.46. The van der Waals surface area contributed by atoms with Crippen molar-refractivity contribution < 1.29 is 13.5 Å². The molecule has 3 aromatic heterocycles. The molecule has 0 amide bonds. The predicted molar refractivity (Wildman–Crippen MR) is 109 cm³/mol. The van der Waals surface area contributed by atoms with Crippen LogP contribution < -0.4 is 0 Å². The molecular weight excluding hydrogens is 412 g/mol. The molecule has 0 saturated carbocycles. The standard InChI is InChI=1S/C21H18ClF2N5O/c1-12-9-26-13(10-25-12)8-17-28-18-19(14-4-2-3-5-15(14)27-20(18)22)29(17)16-6-7-30-11-21(16,23)24/h2-5,9-10,16H,6-8,11H2,1H3. The molecule has 30 heavy (non-hydrogen) atoms. The second kappa shape index (κ2) is 7.21. The van der Waals surface area contributed by atoms with Crippen molar-refractivity contribution in [1.82, 2.24) is 24.5 Å². The van der Waals surface area contributed by atoms with Gasteiger partial charge < -0.3 is 9.30 Å². The van der Waals surface area contributed by atoms with Crippen LogP contribution in [0.25, 0.3) is 21.9 Å². The van der Waals surface area contributed by atoms with Gasteiger partial charge in [0.1, 0.15) is 24.0 Å². The number of hydrogen-bond donors (Lipinski definition) is 0. The highest BCUT2D eigenvalue weighted by Gasteiger charge is 2.45. The van der Waals surface area contributed by atoms with Gasteiger partial charge in [-0.25, -0.2) is 18.7 Å². The first-order valence-electron chi connectivity index (χ1n) is 9.62. The molecule has 0 aliphatic carbocycles. The number of pyridine rings is 1. The number of alkyl halides is 2. The zero-order chi connectivity index (χ0) is 20.9. The molecule has 4 aromatic rings. The highest BCUT2D eigenvalue weighted by atomic mass is 35.5. The molecule has 6 nitrogen and oxygen atoms in total. The van der Waals surface area contributed by atoms with E-state index >= 15 is 0 Å². The van der Waals surface area contributed by atoms with E-state index in [1.54, 1.807) is 17.0 Å². The minimum absolute atomic E-state index is 0.166. The number of fused-ring (bicyclic) bond motifs is 3. The van der Waals surface area contributed by atoms with Crippen LogP contribution in [0.2, 0.25) is 5.15 Å². The van der Waals surface area contributed by atoms with Crippen LogP contribution in [0.5, 0.6) is 0 Å². The van der Waals surface area contributed by atoms with Crippen LogP contribution >= 0.6 is 11.6 Å². The van der Waals surface area contributed by atoms with E-state index in [0.717, 1.165) is 11.1 Å². The Morgan fingerprint density at radius 2 is 2.03 bits per heavy atom. The summed E-state index contributed by atoms with van der Waals surface area (Å²) in [6, 6.07) is 6.25. The van der Waals surface area contributed by atoms with E-state index in [9.17, 15) is 8.78 Å². The summed E-state index contributed by atoms with van der Waals surface area (Å²) < 4.78 is 36.6. The van der Waals surface area contributed by atoms with Gasteiger partial charge in [-0.3, -0.25) is 9.97 Å². The topological polar surface area (TPSA) is 65.7 Å². The molecule has 1 aromatic carbocycles. The molecule has 9 heteroatoms. The third-order valence-electron chi connectivity index (χ3n) is 5.36. The lowest BCUT2D eigenvalue weighted by molar-refractivity contribution is -0.147. The quantitative estimate of drug-likeness (QED) is 0.448. The molecule has 4 heterocycles. The Hall–Kier alpha value is -2.71. The molecule has 1 atom stereocenters. The van der Waals surface area contributed by atoms with Crippen molar-refractivity contribution in [3.8, 4) is 0 Å². The lowest BCUT2D eigenvalue weighted by Gasteiger charge is -2.33. The zero-order valence-corrected chi connectivity index (χ0v) is 16.9. The lowest BCUT2D eigenvalue weighted by atomic mass is 10.0. The fourth-order valence-corrected chi connectivity index (χ4v) is 4.19. The number of imidazole rings is 1. The molecular formula is C21H18ClF2N5O.